The molecule has 1 fully saturated rings. The van der Waals surface area contributed by atoms with Gasteiger partial charge in [-0.2, -0.15) is 0 Å². The van der Waals surface area contributed by atoms with Crippen LogP contribution in [0.1, 0.15) is 12.2 Å². The number of amides is 3. The topological polar surface area (TPSA) is 124 Å². The number of hydrogen-bond acceptors (Lipinski definition) is 7. The Hall–Kier alpha value is -2.76. The van der Waals surface area contributed by atoms with Gasteiger partial charge in [-0.1, -0.05) is 6.07 Å². The van der Waals surface area contributed by atoms with Crippen molar-refractivity contribution in [1.82, 2.24) is 25.1 Å². The Labute approximate surface area is 180 Å². The molecule has 0 bridgehead atoms. The van der Waals surface area contributed by atoms with Gasteiger partial charge in [-0.3, -0.25) is 14.5 Å². The van der Waals surface area contributed by atoms with Crippen LogP contribution in [0, 0.1) is 0 Å². The van der Waals surface area contributed by atoms with Gasteiger partial charge in [-0.05, 0) is 11.4 Å². The van der Waals surface area contributed by atoms with Crippen molar-refractivity contribution >= 4 is 44.8 Å². The van der Waals surface area contributed by atoms with E-state index in [0.29, 0.717) is 43.9 Å². The largest absolute Gasteiger partial charge is 0.352 e. The van der Waals surface area contributed by atoms with Crippen molar-refractivity contribution in [3.05, 3.63) is 39.1 Å². The van der Waals surface area contributed by atoms with E-state index < -0.39 is 6.03 Å². The van der Waals surface area contributed by atoms with Gasteiger partial charge < -0.3 is 20.9 Å². The number of carbonyl (C=O) groups excluding carboxylic acids is 2. The molecule has 0 radical (unpaired) electrons. The van der Waals surface area contributed by atoms with Crippen molar-refractivity contribution < 1.29 is 9.59 Å². The quantitative estimate of drug-likeness (QED) is 0.528. The lowest BCUT2D eigenvalue weighted by Gasteiger charge is -2.34. The standard InChI is InChI=1S/C19H22N6O3S2/c20-19(28)21-4-3-15(26)25-7-5-24(6-8-25)10-14-22-17(27)16-12(11-30-18(16)23-14)13-2-1-9-29-13/h1-2,9,11H,3-8,10H2,(H3,20,21,28)(H,22,23,27). The molecule has 0 saturated carbocycles. The van der Waals surface area contributed by atoms with Gasteiger partial charge in [0, 0.05) is 55.0 Å². The van der Waals surface area contributed by atoms with Crippen LogP contribution in [0.15, 0.2) is 27.7 Å². The third kappa shape index (κ3) is 4.53. The average molecular weight is 447 g/mol. The predicted molar refractivity (Wildman–Crippen MR) is 118 cm³/mol. The molecule has 4 heterocycles. The van der Waals surface area contributed by atoms with E-state index >= 15 is 0 Å². The highest BCUT2D eigenvalue weighted by Gasteiger charge is 2.22. The second-order valence-electron chi connectivity index (χ2n) is 7.02. The first-order valence-corrected chi connectivity index (χ1v) is 11.3. The minimum atomic E-state index is -0.626. The second-order valence-corrected chi connectivity index (χ2v) is 8.82. The zero-order valence-corrected chi connectivity index (χ0v) is 17.9. The van der Waals surface area contributed by atoms with E-state index in [-0.39, 0.29) is 24.4 Å². The lowest BCUT2D eigenvalue weighted by Crippen LogP contribution is -2.49. The van der Waals surface area contributed by atoms with E-state index in [9.17, 15) is 14.4 Å². The molecular formula is C19H22N6O3S2. The van der Waals surface area contributed by atoms with Gasteiger partial charge in [0.1, 0.15) is 10.7 Å². The van der Waals surface area contributed by atoms with E-state index in [0.717, 1.165) is 15.3 Å². The van der Waals surface area contributed by atoms with E-state index in [2.05, 4.69) is 20.2 Å². The van der Waals surface area contributed by atoms with Gasteiger partial charge in [0.15, 0.2) is 0 Å². The Kier molecular flexibility index (Phi) is 6.11. The Bertz CT molecular complexity index is 1100. The molecule has 0 spiro atoms. The lowest BCUT2D eigenvalue weighted by atomic mass is 10.2. The number of urea groups is 1. The van der Waals surface area contributed by atoms with Gasteiger partial charge in [0.05, 0.1) is 11.9 Å². The van der Waals surface area contributed by atoms with E-state index in [1.54, 1.807) is 16.2 Å². The van der Waals surface area contributed by atoms with Crippen molar-refractivity contribution in [2.45, 2.75) is 13.0 Å². The number of primary amides is 1. The van der Waals surface area contributed by atoms with Crippen LogP contribution < -0.4 is 16.6 Å². The summed E-state index contributed by atoms with van der Waals surface area (Å²) in [4.78, 5) is 49.0. The number of thiophene rings is 2. The Morgan fingerprint density at radius 3 is 2.73 bits per heavy atom. The molecule has 158 valence electrons. The summed E-state index contributed by atoms with van der Waals surface area (Å²) in [6.07, 6.45) is 0.236. The molecule has 11 heteroatoms. The number of H-pyrrole nitrogens is 1. The molecule has 0 atom stereocenters. The van der Waals surface area contributed by atoms with Gasteiger partial charge in [0.25, 0.3) is 5.56 Å². The highest BCUT2D eigenvalue weighted by molar-refractivity contribution is 7.18. The Morgan fingerprint density at radius 2 is 2.03 bits per heavy atom. The third-order valence-corrected chi connectivity index (χ3v) is 6.79. The number of rotatable bonds is 6. The smallest absolute Gasteiger partial charge is 0.312 e. The summed E-state index contributed by atoms with van der Waals surface area (Å²) in [5.41, 5.74) is 5.83. The van der Waals surface area contributed by atoms with Crippen LogP contribution in [0.25, 0.3) is 20.7 Å². The summed E-state index contributed by atoms with van der Waals surface area (Å²) in [6, 6.07) is 3.35. The molecule has 3 amide bonds. The number of hydrogen-bond donors (Lipinski definition) is 3. The maximum Gasteiger partial charge on any atom is 0.312 e. The summed E-state index contributed by atoms with van der Waals surface area (Å²) in [6.45, 7) is 3.37. The van der Waals surface area contributed by atoms with Crippen LogP contribution in [0.5, 0.6) is 0 Å². The van der Waals surface area contributed by atoms with Crippen LogP contribution in [0.4, 0.5) is 4.79 Å². The van der Waals surface area contributed by atoms with Crippen molar-refractivity contribution in [2.75, 3.05) is 32.7 Å². The molecule has 30 heavy (non-hydrogen) atoms. The first-order valence-electron chi connectivity index (χ1n) is 9.59. The number of aromatic amines is 1. The fourth-order valence-corrected chi connectivity index (χ4v) is 5.28. The number of fused-ring (bicyclic) bond motifs is 1. The zero-order valence-electron chi connectivity index (χ0n) is 16.2. The molecule has 0 aromatic carbocycles. The molecule has 1 aliphatic heterocycles. The van der Waals surface area contributed by atoms with Gasteiger partial charge in [-0.15, -0.1) is 22.7 Å². The maximum absolute atomic E-state index is 12.7. The number of nitrogens with one attached hydrogen (secondary N) is 2. The molecule has 4 N–H and O–H groups in total. The molecule has 4 rings (SSSR count). The molecule has 3 aromatic heterocycles. The minimum absolute atomic E-state index is 0.00366. The molecule has 0 unspecified atom stereocenters. The average Bonchev–Trinajstić information content (AvgIpc) is 3.38. The SMILES string of the molecule is NC(=O)NCCC(=O)N1CCN(Cc2nc3scc(-c4cccs4)c3c(=O)[nH]2)CC1. The third-order valence-electron chi connectivity index (χ3n) is 5.02. The minimum Gasteiger partial charge on any atom is -0.352 e. The molecular weight excluding hydrogens is 424 g/mol. The summed E-state index contributed by atoms with van der Waals surface area (Å²) >= 11 is 3.09. The normalized spacial score (nSPS) is 14.9. The maximum atomic E-state index is 12.7. The van der Waals surface area contributed by atoms with Crippen LogP contribution in [-0.4, -0.2) is 64.4 Å². The number of piperazine rings is 1. The number of nitrogens with two attached hydrogens (primary N) is 1. The molecule has 3 aromatic rings. The van der Waals surface area contributed by atoms with Crippen LogP contribution in [0.2, 0.25) is 0 Å². The van der Waals surface area contributed by atoms with Gasteiger partial charge in [0.2, 0.25) is 5.91 Å². The fourth-order valence-electron chi connectivity index (χ4n) is 3.50. The first kappa shape index (κ1) is 20.5. The van der Waals surface area contributed by atoms with E-state index in [4.69, 9.17) is 5.73 Å². The van der Waals surface area contributed by atoms with Crippen LogP contribution in [-0.2, 0) is 11.3 Å². The molecule has 9 nitrogen and oxygen atoms in total. The van der Waals surface area contributed by atoms with E-state index in [1.807, 2.05) is 22.9 Å². The van der Waals surface area contributed by atoms with Crippen LogP contribution in [0.3, 0.4) is 0 Å². The molecule has 0 aliphatic carbocycles. The number of carbonyl (C=O) groups is 2. The predicted octanol–water partition coefficient (Wildman–Crippen LogP) is 1.42. The Balaban J connectivity index is 1.37. The van der Waals surface area contributed by atoms with Crippen molar-refractivity contribution in [2.24, 2.45) is 5.73 Å². The highest BCUT2D eigenvalue weighted by Crippen LogP contribution is 2.33. The second kappa shape index (κ2) is 8.94. The summed E-state index contributed by atoms with van der Waals surface area (Å²) in [7, 11) is 0. The lowest BCUT2D eigenvalue weighted by molar-refractivity contribution is -0.132. The number of aromatic nitrogens is 2. The van der Waals surface area contributed by atoms with Crippen molar-refractivity contribution in [3.8, 4) is 10.4 Å². The summed E-state index contributed by atoms with van der Waals surface area (Å²) in [5, 5.41) is 7.05. The summed E-state index contributed by atoms with van der Waals surface area (Å²) < 4.78 is 0. The van der Waals surface area contributed by atoms with E-state index in [1.165, 1.54) is 11.3 Å². The highest BCUT2D eigenvalue weighted by atomic mass is 32.1. The zero-order chi connectivity index (χ0) is 21.1. The Morgan fingerprint density at radius 1 is 1.23 bits per heavy atom. The van der Waals surface area contributed by atoms with Gasteiger partial charge in [-0.25, -0.2) is 9.78 Å². The first-order chi connectivity index (χ1) is 14.5. The summed E-state index contributed by atoms with van der Waals surface area (Å²) in [5.74, 6) is 0.633. The fraction of sp³-hybridized carbons (Fsp3) is 0.368. The van der Waals surface area contributed by atoms with Crippen molar-refractivity contribution in [3.63, 3.8) is 0 Å². The van der Waals surface area contributed by atoms with Crippen molar-refractivity contribution in [1.29, 1.82) is 0 Å². The monoisotopic (exact) mass is 446 g/mol. The molecule has 1 aliphatic rings. The molecule has 1 saturated heterocycles. The van der Waals surface area contributed by atoms with Gasteiger partial charge >= 0.3 is 6.03 Å². The number of nitrogens with zero attached hydrogens (tertiary/aromatic N) is 3. The van der Waals surface area contributed by atoms with Crippen LogP contribution >= 0.6 is 22.7 Å².